The largest absolute Gasteiger partial charge is 0.363 e. The van der Waals surface area contributed by atoms with Crippen molar-refractivity contribution < 1.29 is 9.18 Å². The molecule has 0 fully saturated rings. The van der Waals surface area contributed by atoms with Crippen LogP contribution in [0.4, 0.5) is 4.39 Å². The van der Waals surface area contributed by atoms with Gasteiger partial charge in [-0.2, -0.15) is 0 Å². The summed E-state index contributed by atoms with van der Waals surface area (Å²) in [4.78, 5) is 20.0. The highest BCUT2D eigenvalue weighted by Crippen LogP contribution is 2.20. The highest BCUT2D eigenvalue weighted by Gasteiger charge is 2.17. The summed E-state index contributed by atoms with van der Waals surface area (Å²) in [5.74, 6) is 0.299. The molecule has 24 heavy (non-hydrogen) atoms. The van der Waals surface area contributed by atoms with Gasteiger partial charge in [0.05, 0.1) is 5.52 Å². The third-order valence-corrected chi connectivity index (χ3v) is 3.86. The van der Waals surface area contributed by atoms with Gasteiger partial charge >= 0.3 is 0 Å². The second-order valence-corrected chi connectivity index (χ2v) is 5.50. The third kappa shape index (κ3) is 2.75. The maximum Gasteiger partial charge on any atom is 0.288 e. The van der Waals surface area contributed by atoms with Crippen LogP contribution in [0, 0.1) is 5.82 Å². The number of nitrogens with two attached hydrogens (primary N) is 1. The fourth-order valence-corrected chi connectivity index (χ4v) is 2.78. The van der Waals surface area contributed by atoms with E-state index in [-0.39, 0.29) is 11.6 Å². The van der Waals surface area contributed by atoms with E-state index in [1.807, 2.05) is 24.5 Å². The number of primary amides is 1. The van der Waals surface area contributed by atoms with Crippen molar-refractivity contribution in [3.63, 3.8) is 0 Å². The Bertz CT molecular complexity index is 897. The molecule has 1 amide bonds. The summed E-state index contributed by atoms with van der Waals surface area (Å²) in [6, 6.07) is 4.89. The second kappa shape index (κ2) is 6.38. The number of fused-ring (bicyclic) bond motifs is 1. The van der Waals surface area contributed by atoms with Crippen molar-refractivity contribution >= 4 is 16.9 Å². The number of hydrogen-bond donors (Lipinski definition) is 1. The van der Waals surface area contributed by atoms with Crippen molar-refractivity contribution in [2.24, 2.45) is 5.73 Å². The highest BCUT2D eigenvalue weighted by molar-refractivity contribution is 5.88. The zero-order valence-corrected chi connectivity index (χ0v) is 13.7. The maximum absolute atomic E-state index is 14.0. The van der Waals surface area contributed by atoms with Crippen molar-refractivity contribution in [1.82, 2.24) is 24.3 Å². The molecule has 0 radical (unpaired) electrons. The molecule has 0 aliphatic heterocycles. The van der Waals surface area contributed by atoms with Crippen LogP contribution in [0.3, 0.4) is 0 Å². The topological polar surface area (TPSA) is 91.6 Å². The van der Waals surface area contributed by atoms with Gasteiger partial charge in [0.2, 0.25) is 5.82 Å². The molecule has 8 heteroatoms. The lowest BCUT2D eigenvalue weighted by atomic mass is 10.3. The third-order valence-electron chi connectivity index (χ3n) is 3.86. The number of aromatic nitrogens is 5. The van der Waals surface area contributed by atoms with Crippen LogP contribution >= 0.6 is 0 Å². The molecular formula is C16H19FN6O. The lowest BCUT2D eigenvalue weighted by Crippen LogP contribution is -2.15. The van der Waals surface area contributed by atoms with Crippen molar-refractivity contribution in [1.29, 1.82) is 0 Å². The average Bonchev–Trinajstić information content (AvgIpc) is 3.10. The van der Waals surface area contributed by atoms with E-state index in [0.29, 0.717) is 36.7 Å². The lowest BCUT2D eigenvalue weighted by Gasteiger charge is -2.08. The minimum Gasteiger partial charge on any atom is -0.363 e. The molecule has 3 aromatic rings. The molecule has 0 aliphatic carbocycles. The van der Waals surface area contributed by atoms with Gasteiger partial charge in [-0.1, -0.05) is 13.0 Å². The standard InChI is InChI=1S/C16H19FN6O/c1-3-6-12-20-16(15(18)24)21-23(12)9-13-19-14-10(17)7-5-8-11(14)22(13)4-2/h5,7-8H,3-4,6,9H2,1-2H3,(H2,18,24). The molecular weight excluding hydrogens is 311 g/mol. The van der Waals surface area contributed by atoms with E-state index in [1.165, 1.54) is 6.07 Å². The van der Waals surface area contributed by atoms with Crippen molar-refractivity contribution in [2.45, 2.75) is 39.8 Å². The van der Waals surface area contributed by atoms with E-state index in [1.54, 1.807) is 10.7 Å². The number of aryl methyl sites for hydroxylation is 2. The quantitative estimate of drug-likeness (QED) is 0.747. The zero-order chi connectivity index (χ0) is 17.3. The molecule has 126 valence electrons. The number of carbonyl (C=O) groups excluding carboxylic acids is 1. The van der Waals surface area contributed by atoms with Crippen LogP contribution in [-0.2, 0) is 19.5 Å². The predicted octanol–water partition coefficient (Wildman–Crippen LogP) is 1.89. The van der Waals surface area contributed by atoms with Gasteiger partial charge < -0.3 is 10.3 Å². The Labute approximate surface area is 138 Å². The Hall–Kier alpha value is -2.77. The SMILES string of the molecule is CCCc1nc(C(N)=O)nn1Cc1nc2c(F)cccc2n1CC. The minimum absolute atomic E-state index is 0.0104. The number of benzene rings is 1. The molecule has 2 N–H and O–H groups in total. The number of carbonyl (C=O) groups is 1. The number of halogens is 1. The minimum atomic E-state index is -0.666. The summed E-state index contributed by atoms with van der Waals surface area (Å²) < 4.78 is 17.5. The molecule has 0 unspecified atom stereocenters. The fraction of sp³-hybridized carbons (Fsp3) is 0.375. The first-order valence-corrected chi connectivity index (χ1v) is 7.92. The monoisotopic (exact) mass is 330 g/mol. The molecule has 0 saturated heterocycles. The first-order valence-electron chi connectivity index (χ1n) is 7.92. The van der Waals surface area contributed by atoms with E-state index in [9.17, 15) is 9.18 Å². The molecule has 0 bridgehead atoms. The van der Waals surface area contributed by atoms with Crippen LogP contribution in [0.2, 0.25) is 0 Å². The Balaban J connectivity index is 2.06. The van der Waals surface area contributed by atoms with Crippen LogP contribution < -0.4 is 5.73 Å². The van der Waals surface area contributed by atoms with Crippen molar-refractivity contribution in [3.8, 4) is 0 Å². The lowest BCUT2D eigenvalue weighted by molar-refractivity contribution is 0.0990. The molecule has 0 spiro atoms. The second-order valence-electron chi connectivity index (χ2n) is 5.50. The van der Waals surface area contributed by atoms with E-state index >= 15 is 0 Å². The molecule has 0 aliphatic rings. The van der Waals surface area contributed by atoms with Crippen LogP contribution in [0.15, 0.2) is 18.2 Å². The van der Waals surface area contributed by atoms with Crippen LogP contribution in [-0.4, -0.2) is 30.2 Å². The summed E-state index contributed by atoms with van der Waals surface area (Å²) in [6.45, 7) is 4.94. The van der Waals surface area contributed by atoms with Gasteiger partial charge in [-0.15, -0.1) is 5.10 Å². The number of para-hydroxylation sites is 1. The van der Waals surface area contributed by atoms with Gasteiger partial charge in [0.15, 0.2) is 5.82 Å². The van der Waals surface area contributed by atoms with Gasteiger partial charge in [0.25, 0.3) is 5.91 Å². The summed E-state index contributed by atoms with van der Waals surface area (Å²) in [5.41, 5.74) is 6.35. The Morgan fingerprint density at radius 2 is 2.04 bits per heavy atom. The van der Waals surface area contributed by atoms with Crippen molar-refractivity contribution in [3.05, 3.63) is 41.5 Å². The Morgan fingerprint density at radius 3 is 2.71 bits per heavy atom. The molecule has 7 nitrogen and oxygen atoms in total. The summed E-state index contributed by atoms with van der Waals surface area (Å²) in [6.07, 6.45) is 1.52. The molecule has 2 aromatic heterocycles. The van der Waals surface area contributed by atoms with E-state index in [2.05, 4.69) is 15.1 Å². The summed E-state index contributed by atoms with van der Waals surface area (Å²) in [5, 5.41) is 4.18. The first kappa shape index (κ1) is 16.1. The van der Waals surface area contributed by atoms with Crippen LogP contribution in [0.1, 0.15) is 42.5 Å². The van der Waals surface area contributed by atoms with Gasteiger partial charge in [-0.3, -0.25) is 4.79 Å². The number of imidazole rings is 1. The molecule has 0 atom stereocenters. The van der Waals surface area contributed by atoms with Crippen molar-refractivity contribution in [2.75, 3.05) is 0 Å². The van der Waals surface area contributed by atoms with E-state index in [4.69, 9.17) is 5.73 Å². The molecule has 0 saturated carbocycles. The number of amides is 1. The predicted molar refractivity (Wildman–Crippen MR) is 87.0 cm³/mol. The summed E-state index contributed by atoms with van der Waals surface area (Å²) in [7, 11) is 0. The smallest absolute Gasteiger partial charge is 0.288 e. The number of hydrogen-bond acceptors (Lipinski definition) is 4. The molecule has 1 aromatic carbocycles. The van der Waals surface area contributed by atoms with E-state index < -0.39 is 5.91 Å². The fourth-order valence-electron chi connectivity index (χ4n) is 2.78. The molecule has 2 heterocycles. The molecule has 3 rings (SSSR count). The first-order chi connectivity index (χ1) is 11.5. The number of rotatable bonds is 6. The van der Waals surface area contributed by atoms with Gasteiger partial charge in [0, 0.05) is 13.0 Å². The van der Waals surface area contributed by atoms with Gasteiger partial charge in [-0.25, -0.2) is 19.0 Å². The zero-order valence-electron chi connectivity index (χ0n) is 13.7. The van der Waals surface area contributed by atoms with Crippen LogP contribution in [0.5, 0.6) is 0 Å². The summed E-state index contributed by atoms with van der Waals surface area (Å²) >= 11 is 0. The Morgan fingerprint density at radius 1 is 1.25 bits per heavy atom. The normalized spacial score (nSPS) is 11.3. The Kier molecular flexibility index (Phi) is 4.28. The maximum atomic E-state index is 14.0. The van der Waals surface area contributed by atoms with E-state index in [0.717, 1.165) is 11.9 Å². The highest BCUT2D eigenvalue weighted by atomic mass is 19.1. The van der Waals surface area contributed by atoms with Gasteiger partial charge in [-0.05, 0) is 25.5 Å². The van der Waals surface area contributed by atoms with Gasteiger partial charge in [0.1, 0.15) is 23.7 Å². The van der Waals surface area contributed by atoms with Crippen LogP contribution in [0.25, 0.3) is 11.0 Å². The average molecular weight is 330 g/mol. The number of nitrogens with zero attached hydrogens (tertiary/aromatic N) is 5.